The topological polar surface area (TPSA) is 62.8 Å². The molecule has 0 aromatic rings. The Kier molecular flexibility index (Phi) is 5.42. The van der Waals surface area contributed by atoms with Gasteiger partial charge in [0.15, 0.2) is 0 Å². The van der Waals surface area contributed by atoms with Gasteiger partial charge in [0.25, 0.3) is 0 Å². The quantitative estimate of drug-likeness (QED) is 0.262. The molecule has 0 fully saturated rings. The summed E-state index contributed by atoms with van der Waals surface area (Å²) in [5, 5.41) is 6.94. The van der Waals surface area contributed by atoms with Crippen LogP contribution in [0.3, 0.4) is 0 Å². The number of nitrogens with one attached hydrogen (secondary N) is 1. The number of hydrogen-bond acceptors (Lipinski definition) is 3. The Balaban J connectivity index is 3.51. The van der Waals surface area contributed by atoms with Crippen molar-refractivity contribution < 1.29 is 0 Å². The van der Waals surface area contributed by atoms with Gasteiger partial charge in [-0.2, -0.15) is 10.2 Å². The van der Waals surface area contributed by atoms with Crippen LogP contribution in [0.15, 0.2) is 10.2 Å². The Bertz CT molecular complexity index is 119. The Labute approximate surface area is 61.2 Å². The predicted molar refractivity (Wildman–Crippen MR) is 43.8 cm³/mol. The highest BCUT2D eigenvalue weighted by Gasteiger charge is 1.93. The lowest BCUT2D eigenvalue weighted by atomic mass is 10.2. The zero-order chi connectivity index (χ0) is 7.82. The van der Waals surface area contributed by atoms with Crippen LogP contribution < -0.4 is 11.3 Å². The van der Waals surface area contributed by atoms with Crippen LogP contribution in [0.1, 0.15) is 26.2 Å². The molecule has 0 unspecified atom stereocenters. The lowest BCUT2D eigenvalue weighted by Gasteiger charge is -2.00. The monoisotopic (exact) mass is 142 g/mol. The Morgan fingerprint density at radius 1 is 1.70 bits per heavy atom. The molecule has 0 aliphatic rings. The van der Waals surface area contributed by atoms with E-state index in [0.717, 1.165) is 19.3 Å². The van der Waals surface area contributed by atoms with Gasteiger partial charge in [0.2, 0.25) is 0 Å². The maximum absolute atomic E-state index is 5.04. The zero-order valence-corrected chi connectivity index (χ0v) is 6.30. The summed E-state index contributed by atoms with van der Waals surface area (Å²) in [4.78, 5) is 0. The number of hydrogen-bond donors (Lipinski definition) is 2. The van der Waals surface area contributed by atoms with E-state index >= 15 is 0 Å². The van der Waals surface area contributed by atoms with E-state index in [4.69, 9.17) is 5.84 Å². The molecule has 0 saturated heterocycles. The number of unbranched alkanes of at least 4 members (excludes halogenated alkanes) is 1. The third-order valence-corrected chi connectivity index (χ3v) is 1.13. The van der Waals surface area contributed by atoms with Gasteiger partial charge in [-0.3, -0.25) is 5.43 Å². The van der Waals surface area contributed by atoms with Crippen molar-refractivity contribution in [1.29, 1.82) is 0 Å². The second kappa shape index (κ2) is 6.07. The van der Waals surface area contributed by atoms with Gasteiger partial charge < -0.3 is 5.84 Å². The molecule has 0 saturated carbocycles. The molecule has 0 bridgehead atoms. The first-order valence-corrected chi connectivity index (χ1v) is 3.33. The van der Waals surface area contributed by atoms with Crippen molar-refractivity contribution in [2.75, 3.05) is 0 Å². The highest BCUT2D eigenvalue weighted by atomic mass is 15.3. The van der Waals surface area contributed by atoms with E-state index in [0.29, 0.717) is 5.84 Å². The van der Waals surface area contributed by atoms with Gasteiger partial charge in [-0.15, -0.1) is 0 Å². The summed E-state index contributed by atoms with van der Waals surface area (Å²) in [5.74, 6) is 5.73. The van der Waals surface area contributed by atoms with Gasteiger partial charge in [-0.1, -0.05) is 13.3 Å². The number of nitrogens with two attached hydrogens (primary N) is 1. The second-order valence-corrected chi connectivity index (χ2v) is 1.95. The second-order valence-electron chi connectivity index (χ2n) is 1.95. The van der Waals surface area contributed by atoms with Crippen molar-refractivity contribution in [3.05, 3.63) is 0 Å². The summed E-state index contributed by atoms with van der Waals surface area (Å²) in [5.41, 5.74) is 2.61. The van der Waals surface area contributed by atoms with Gasteiger partial charge >= 0.3 is 0 Å². The minimum atomic E-state index is 0.692. The smallest absolute Gasteiger partial charge is 0.142 e. The zero-order valence-electron chi connectivity index (χ0n) is 6.30. The summed E-state index contributed by atoms with van der Waals surface area (Å²) in [7, 11) is 0. The molecule has 0 heterocycles. The Hall–Kier alpha value is -1.06. The van der Waals surface area contributed by atoms with Crippen molar-refractivity contribution in [1.82, 2.24) is 5.43 Å². The first-order chi connectivity index (χ1) is 4.85. The maximum Gasteiger partial charge on any atom is 0.142 e. The minimum Gasteiger partial charge on any atom is -0.322 e. The van der Waals surface area contributed by atoms with E-state index in [1.807, 2.05) is 0 Å². The molecular weight excluding hydrogens is 128 g/mol. The molecule has 58 valence electrons. The molecule has 0 aromatic carbocycles. The first-order valence-electron chi connectivity index (χ1n) is 3.33. The van der Waals surface area contributed by atoms with Crippen LogP contribution in [0.4, 0.5) is 0 Å². The van der Waals surface area contributed by atoms with Crippen molar-refractivity contribution in [3.8, 4) is 0 Å². The summed E-state index contributed by atoms with van der Waals surface area (Å²) in [6.07, 6.45) is 3.03. The van der Waals surface area contributed by atoms with Gasteiger partial charge in [-0.25, -0.2) is 0 Å². The number of nitrogens with zero attached hydrogens (tertiary/aromatic N) is 2. The van der Waals surface area contributed by atoms with Gasteiger partial charge in [0, 0.05) is 13.1 Å². The van der Waals surface area contributed by atoms with E-state index in [-0.39, 0.29) is 0 Å². The molecule has 0 aliphatic heterocycles. The Morgan fingerprint density at radius 3 is 2.80 bits per heavy atom. The van der Waals surface area contributed by atoms with Crippen LogP contribution in [0.2, 0.25) is 0 Å². The average Bonchev–Trinajstić information content (AvgIpc) is 1.98. The fourth-order valence-corrected chi connectivity index (χ4v) is 0.585. The first kappa shape index (κ1) is 8.94. The van der Waals surface area contributed by atoms with E-state index < -0.39 is 0 Å². The largest absolute Gasteiger partial charge is 0.322 e. The number of rotatable bonds is 4. The van der Waals surface area contributed by atoms with Crippen LogP contribution in [-0.4, -0.2) is 12.6 Å². The fourth-order valence-electron chi connectivity index (χ4n) is 0.585. The van der Waals surface area contributed by atoms with Crippen molar-refractivity contribution in [3.63, 3.8) is 0 Å². The van der Waals surface area contributed by atoms with E-state index in [1.165, 1.54) is 0 Å². The molecule has 0 atom stereocenters. The van der Waals surface area contributed by atoms with Gasteiger partial charge in [0.05, 0.1) is 0 Å². The van der Waals surface area contributed by atoms with Crippen LogP contribution in [0, 0.1) is 0 Å². The third kappa shape index (κ3) is 3.88. The number of hydrazone groups is 2. The van der Waals surface area contributed by atoms with Crippen molar-refractivity contribution in [2.24, 2.45) is 16.0 Å². The van der Waals surface area contributed by atoms with E-state index in [2.05, 4.69) is 29.3 Å². The van der Waals surface area contributed by atoms with Gasteiger partial charge in [0.1, 0.15) is 5.84 Å². The van der Waals surface area contributed by atoms with Crippen molar-refractivity contribution >= 4 is 12.6 Å². The average molecular weight is 142 g/mol. The molecule has 0 aromatic heterocycles. The third-order valence-electron chi connectivity index (χ3n) is 1.13. The maximum atomic E-state index is 5.04. The molecular formula is C6H14N4. The lowest BCUT2D eigenvalue weighted by molar-refractivity contribution is 0.805. The molecule has 0 radical (unpaired) electrons. The molecule has 0 amide bonds. The highest BCUT2D eigenvalue weighted by Crippen LogP contribution is 1.93. The molecule has 0 aliphatic carbocycles. The summed E-state index contributed by atoms with van der Waals surface area (Å²) in [6.45, 7) is 5.37. The van der Waals surface area contributed by atoms with E-state index in [9.17, 15) is 0 Å². The molecule has 10 heavy (non-hydrogen) atoms. The molecule has 4 heteroatoms. The van der Waals surface area contributed by atoms with Crippen LogP contribution in [0.5, 0.6) is 0 Å². The van der Waals surface area contributed by atoms with Crippen LogP contribution >= 0.6 is 0 Å². The lowest BCUT2D eigenvalue weighted by Crippen LogP contribution is -2.18. The fraction of sp³-hybridized carbons (Fsp3) is 0.667. The summed E-state index contributed by atoms with van der Waals surface area (Å²) >= 11 is 0. The normalized spacial score (nSPS) is 11.1. The number of amidine groups is 1. The van der Waals surface area contributed by atoms with Crippen LogP contribution in [-0.2, 0) is 0 Å². The predicted octanol–water partition coefficient (Wildman–Crippen LogP) is 0.654. The standard InChI is InChI=1S/C6H14N4/c1-3-4-5-6(9-7)10-8-2/h2-5,7H2,1H3,(H,9,10). The van der Waals surface area contributed by atoms with Crippen LogP contribution in [0.25, 0.3) is 0 Å². The minimum absolute atomic E-state index is 0.692. The molecule has 0 spiro atoms. The summed E-state index contributed by atoms with van der Waals surface area (Å²) < 4.78 is 0. The summed E-state index contributed by atoms with van der Waals surface area (Å²) in [6, 6.07) is 0. The SMILES string of the molecule is C=NNC(CCCC)=NN. The van der Waals surface area contributed by atoms with E-state index in [1.54, 1.807) is 0 Å². The van der Waals surface area contributed by atoms with Gasteiger partial charge in [-0.05, 0) is 6.42 Å². The molecule has 4 nitrogen and oxygen atoms in total. The van der Waals surface area contributed by atoms with Crippen molar-refractivity contribution in [2.45, 2.75) is 26.2 Å². The molecule has 0 rings (SSSR count). The molecule has 3 N–H and O–H groups in total. The highest BCUT2D eigenvalue weighted by molar-refractivity contribution is 5.81. The Morgan fingerprint density at radius 2 is 2.40 bits per heavy atom.